The zero-order valence-corrected chi connectivity index (χ0v) is 20.7. The monoisotopic (exact) mass is 461 g/mol. The Balaban J connectivity index is 0.00000133. The van der Waals surface area contributed by atoms with Gasteiger partial charge in [-0.15, -0.1) is 0 Å². The van der Waals surface area contributed by atoms with E-state index in [0.29, 0.717) is 25.3 Å². The molecule has 180 valence electrons. The molecule has 34 heavy (non-hydrogen) atoms. The fraction of sp³-hybridized carbons (Fsp3) is 0.464. The minimum Gasteiger partial charge on any atom is -0.501 e. The van der Waals surface area contributed by atoms with E-state index in [1.54, 1.807) is 9.47 Å². The van der Waals surface area contributed by atoms with Crippen molar-refractivity contribution in [1.29, 1.82) is 0 Å². The van der Waals surface area contributed by atoms with Gasteiger partial charge >= 0.3 is 5.56 Å². The van der Waals surface area contributed by atoms with Gasteiger partial charge in [-0.3, -0.25) is 9.59 Å². The van der Waals surface area contributed by atoms with Gasteiger partial charge < -0.3 is 14.6 Å². The normalized spacial score (nSPS) is 17.0. The Hall–Kier alpha value is -3.15. The summed E-state index contributed by atoms with van der Waals surface area (Å²) in [7, 11) is 0. The second-order valence-corrected chi connectivity index (χ2v) is 9.50. The van der Waals surface area contributed by atoms with Crippen molar-refractivity contribution >= 4 is 16.7 Å². The van der Waals surface area contributed by atoms with E-state index < -0.39 is 11.3 Å². The molecular weight excluding hydrogens is 426 g/mol. The van der Waals surface area contributed by atoms with Crippen molar-refractivity contribution in [1.82, 2.24) is 14.5 Å². The molecule has 3 aromatic rings. The predicted octanol–water partition coefficient (Wildman–Crippen LogP) is 5.05. The molecule has 0 atom stereocenters. The summed E-state index contributed by atoms with van der Waals surface area (Å²) in [6.07, 6.45) is 4.87. The maximum atomic E-state index is 13.1. The van der Waals surface area contributed by atoms with Crippen molar-refractivity contribution in [3.05, 3.63) is 69.9 Å². The molecule has 2 aliphatic rings. The molecule has 1 aromatic heterocycles. The number of rotatable bonds is 4. The highest BCUT2D eigenvalue weighted by Gasteiger charge is 2.39. The standard InChI is InChI=1S/C26H29N3O3.C2H6/c1-17(2)28-13-14-29-21(27-24(31)23(30)22(29)25(28)32)16-26(11-5-6-12-26)20-10-9-18-7-3-4-8-19(18)15-20;1-2/h3-4,7-10,15,17,30H,5-6,11-14,16H2,1-2H3;1-2H3. The van der Waals surface area contributed by atoms with Gasteiger partial charge in [-0.25, -0.2) is 0 Å². The van der Waals surface area contributed by atoms with Gasteiger partial charge in [-0.1, -0.05) is 69.2 Å². The summed E-state index contributed by atoms with van der Waals surface area (Å²) in [5, 5.41) is 12.9. The van der Waals surface area contributed by atoms with Crippen molar-refractivity contribution in [3.8, 4) is 5.75 Å². The molecule has 1 saturated carbocycles. The number of hydrogen-bond donors (Lipinski definition) is 1. The molecule has 1 fully saturated rings. The Morgan fingerprint density at radius 1 is 1.00 bits per heavy atom. The van der Waals surface area contributed by atoms with E-state index in [2.05, 4.69) is 41.4 Å². The van der Waals surface area contributed by atoms with Crippen molar-refractivity contribution in [2.24, 2.45) is 0 Å². The number of fused-ring (bicyclic) bond motifs is 2. The zero-order valence-electron chi connectivity index (χ0n) is 20.7. The molecule has 2 aromatic carbocycles. The van der Waals surface area contributed by atoms with Crippen molar-refractivity contribution in [2.45, 2.75) is 77.8 Å². The van der Waals surface area contributed by atoms with E-state index in [1.807, 2.05) is 33.8 Å². The third-order valence-corrected chi connectivity index (χ3v) is 7.31. The molecule has 1 aliphatic carbocycles. The SMILES string of the molecule is CC.CC(C)N1CCn2c(CC3(c4ccc5ccccc5c4)CCCC3)nc(=O)c(O)c2C1=O. The lowest BCUT2D eigenvalue weighted by Gasteiger charge is -2.36. The molecule has 0 bridgehead atoms. The van der Waals surface area contributed by atoms with Crippen LogP contribution in [0.15, 0.2) is 47.3 Å². The molecule has 0 spiro atoms. The van der Waals surface area contributed by atoms with Gasteiger partial charge in [-0.05, 0) is 43.0 Å². The van der Waals surface area contributed by atoms with Crippen molar-refractivity contribution in [2.75, 3.05) is 6.54 Å². The highest BCUT2D eigenvalue weighted by Crippen LogP contribution is 2.44. The van der Waals surface area contributed by atoms with Crippen LogP contribution >= 0.6 is 0 Å². The molecule has 0 radical (unpaired) electrons. The highest BCUT2D eigenvalue weighted by atomic mass is 16.3. The molecule has 1 aliphatic heterocycles. The number of nitrogens with zero attached hydrogens (tertiary/aromatic N) is 3. The quantitative estimate of drug-likeness (QED) is 0.590. The van der Waals surface area contributed by atoms with Crippen LogP contribution < -0.4 is 5.56 Å². The summed E-state index contributed by atoms with van der Waals surface area (Å²) in [6.45, 7) is 8.96. The Kier molecular flexibility index (Phi) is 6.78. The Morgan fingerprint density at radius 3 is 2.35 bits per heavy atom. The number of amides is 1. The van der Waals surface area contributed by atoms with E-state index in [-0.39, 0.29) is 23.1 Å². The van der Waals surface area contributed by atoms with Crippen LogP contribution in [0.2, 0.25) is 0 Å². The molecule has 2 heterocycles. The Labute approximate surface area is 201 Å². The number of benzene rings is 2. The van der Waals surface area contributed by atoms with Gasteiger partial charge in [0.1, 0.15) is 5.82 Å². The van der Waals surface area contributed by atoms with Gasteiger partial charge in [-0.2, -0.15) is 4.98 Å². The van der Waals surface area contributed by atoms with E-state index in [4.69, 9.17) is 0 Å². The molecule has 5 rings (SSSR count). The number of carbonyl (C=O) groups excluding carboxylic acids is 1. The first-order valence-electron chi connectivity index (χ1n) is 12.5. The van der Waals surface area contributed by atoms with Crippen molar-refractivity contribution < 1.29 is 9.90 Å². The average molecular weight is 462 g/mol. The molecule has 0 unspecified atom stereocenters. The number of aromatic hydroxyl groups is 1. The minimum atomic E-state index is -0.711. The third kappa shape index (κ3) is 4.10. The summed E-state index contributed by atoms with van der Waals surface area (Å²) < 4.78 is 1.79. The van der Waals surface area contributed by atoms with Crippen LogP contribution in [0, 0.1) is 0 Å². The Morgan fingerprint density at radius 2 is 1.68 bits per heavy atom. The lowest BCUT2D eigenvalue weighted by atomic mass is 9.75. The van der Waals surface area contributed by atoms with Crippen LogP contribution in [0.25, 0.3) is 10.8 Å². The van der Waals surface area contributed by atoms with E-state index >= 15 is 0 Å². The summed E-state index contributed by atoms with van der Waals surface area (Å²) in [5.74, 6) is -0.222. The number of carbonyl (C=O) groups is 1. The maximum absolute atomic E-state index is 13.1. The molecular formula is C28H35N3O3. The van der Waals surface area contributed by atoms with Gasteiger partial charge in [0.2, 0.25) is 5.75 Å². The maximum Gasteiger partial charge on any atom is 0.315 e. The van der Waals surface area contributed by atoms with Crippen LogP contribution in [-0.4, -0.2) is 38.1 Å². The van der Waals surface area contributed by atoms with E-state index in [9.17, 15) is 14.7 Å². The lowest BCUT2D eigenvalue weighted by molar-refractivity contribution is 0.0636. The van der Waals surface area contributed by atoms with Gasteiger partial charge in [0.25, 0.3) is 5.91 Å². The predicted molar refractivity (Wildman–Crippen MR) is 135 cm³/mol. The second-order valence-electron chi connectivity index (χ2n) is 9.50. The number of hydrogen-bond acceptors (Lipinski definition) is 4. The second kappa shape index (κ2) is 9.61. The van der Waals surface area contributed by atoms with Gasteiger partial charge in [0.05, 0.1) is 0 Å². The summed E-state index contributed by atoms with van der Waals surface area (Å²) >= 11 is 0. The molecule has 0 saturated heterocycles. The zero-order chi connectivity index (χ0) is 24.5. The van der Waals surface area contributed by atoms with E-state index in [1.165, 1.54) is 16.3 Å². The molecule has 1 amide bonds. The first kappa shape index (κ1) is 24.0. The summed E-state index contributed by atoms with van der Waals surface area (Å²) in [4.78, 5) is 31.6. The van der Waals surface area contributed by atoms with Crippen LogP contribution in [0.5, 0.6) is 5.75 Å². The van der Waals surface area contributed by atoms with Crippen LogP contribution in [0.4, 0.5) is 0 Å². The smallest absolute Gasteiger partial charge is 0.315 e. The van der Waals surface area contributed by atoms with Crippen LogP contribution in [-0.2, 0) is 18.4 Å². The fourth-order valence-electron chi connectivity index (χ4n) is 5.56. The highest BCUT2D eigenvalue weighted by molar-refractivity contribution is 5.96. The van der Waals surface area contributed by atoms with Gasteiger partial charge in [0, 0.05) is 31.0 Å². The average Bonchev–Trinajstić information content (AvgIpc) is 3.32. The van der Waals surface area contributed by atoms with Crippen LogP contribution in [0.3, 0.4) is 0 Å². The largest absolute Gasteiger partial charge is 0.501 e. The molecule has 6 heteroatoms. The molecule has 6 nitrogen and oxygen atoms in total. The topological polar surface area (TPSA) is 75.4 Å². The minimum absolute atomic E-state index is 0.00106. The molecule has 1 N–H and O–H groups in total. The first-order chi connectivity index (χ1) is 16.4. The lowest BCUT2D eigenvalue weighted by Crippen LogP contribution is -2.46. The first-order valence-corrected chi connectivity index (χ1v) is 12.5. The summed E-state index contributed by atoms with van der Waals surface area (Å²) in [5.41, 5.74) is 0.513. The summed E-state index contributed by atoms with van der Waals surface area (Å²) in [6, 6.07) is 15.0. The van der Waals surface area contributed by atoms with Crippen LogP contribution in [0.1, 0.15) is 75.3 Å². The van der Waals surface area contributed by atoms with Crippen molar-refractivity contribution in [3.63, 3.8) is 0 Å². The fourth-order valence-corrected chi connectivity index (χ4v) is 5.56. The van der Waals surface area contributed by atoms with Gasteiger partial charge in [0.15, 0.2) is 5.69 Å². The van der Waals surface area contributed by atoms with E-state index in [0.717, 1.165) is 25.7 Å². The third-order valence-electron chi connectivity index (χ3n) is 7.31. The number of aromatic nitrogens is 2. The Bertz CT molecular complexity index is 1260.